The molecule has 3 aromatic rings. The Morgan fingerprint density at radius 3 is 2.56 bits per heavy atom. The van der Waals surface area contributed by atoms with Crippen molar-refractivity contribution >= 4 is 21.4 Å². The van der Waals surface area contributed by atoms with Crippen LogP contribution in [0.25, 0.3) is 21.2 Å². The number of hydrogen-bond donors (Lipinski definition) is 1. The Bertz CT molecular complexity index is 683. The molecular weight excluding hydrogens is 244 g/mol. The summed E-state index contributed by atoms with van der Waals surface area (Å²) in [5.74, 6) is 1.17. The first-order valence-electron chi connectivity index (χ1n) is 5.63. The molecule has 1 heterocycles. The van der Waals surface area contributed by atoms with Gasteiger partial charge in [0.2, 0.25) is 0 Å². The lowest BCUT2D eigenvalue weighted by Crippen LogP contribution is -1.82. The zero-order valence-electron chi connectivity index (χ0n) is 9.88. The lowest BCUT2D eigenvalue weighted by molar-refractivity contribution is 0.415. The molecule has 3 heteroatoms. The second-order valence-corrected chi connectivity index (χ2v) is 4.94. The summed E-state index contributed by atoms with van der Waals surface area (Å²) >= 11 is 1.64. The van der Waals surface area contributed by atoms with E-state index in [0.717, 1.165) is 27.0 Å². The van der Waals surface area contributed by atoms with Crippen LogP contribution in [0.2, 0.25) is 0 Å². The van der Waals surface area contributed by atoms with Crippen molar-refractivity contribution in [2.45, 2.75) is 0 Å². The Kier molecular flexibility index (Phi) is 2.68. The van der Waals surface area contributed by atoms with Crippen LogP contribution >= 0.6 is 11.3 Å². The Morgan fingerprint density at radius 1 is 1.06 bits per heavy atom. The van der Waals surface area contributed by atoms with Crippen LogP contribution in [-0.4, -0.2) is 12.2 Å². The highest BCUT2D eigenvalue weighted by Gasteiger charge is 2.09. The van der Waals surface area contributed by atoms with Gasteiger partial charge in [-0.2, -0.15) is 0 Å². The average Bonchev–Trinajstić information content (AvgIpc) is 2.84. The van der Waals surface area contributed by atoms with Gasteiger partial charge < -0.3 is 9.84 Å². The predicted molar refractivity (Wildman–Crippen MR) is 75.5 cm³/mol. The van der Waals surface area contributed by atoms with Crippen LogP contribution in [-0.2, 0) is 0 Å². The zero-order chi connectivity index (χ0) is 12.5. The van der Waals surface area contributed by atoms with Gasteiger partial charge in [0.1, 0.15) is 11.5 Å². The smallest absolute Gasteiger partial charge is 0.124 e. The maximum Gasteiger partial charge on any atom is 0.124 e. The van der Waals surface area contributed by atoms with E-state index in [1.165, 1.54) is 0 Å². The fourth-order valence-corrected chi connectivity index (χ4v) is 3.04. The van der Waals surface area contributed by atoms with Gasteiger partial charge in [0.05, 0.1) is 7.11 Å². The molecule has 1 N–H and O–H groups in total. The molecule has 0 atom stereocenters. The van der Waals surface area contributed by atoms with E-state index in [1.807, 2.05) is 36.4 Å². The number of rotatable bonds is 2. The van der Waals surface area contributed by atoms with Crippen molar-refractivity contribution in [3.8, 4) is 22.6 Å². The SMILES string of the molecule is COc1ccc(-c2csc3cccc(O)c23)cc1. The molecule has 0 fully saturated rings. The Hall–Kier alpha value is -2.00. The normalized spacial score (nSPS) is 10.7. The number of ether oxygens (including phenoxy) is 1. The van der Waals surface area contributed by atoms with E-state index in [2.05, 4.69) is 5.38 Å². The van der Waals surface area contributed by atoms with Crippen molar-refractivity contribution < 1.29 is 9.84 Å². The molecule has 90 valence electrons. The molecule has 1 aromatic heterocycles. The topological polar surface area (TPSA) is 29.5 Å². The minimum absolute atomic E-state index is 0.333. The maximum atomic E-state index is 9.98. The Morgan fingerprint density at radius 2 is 1.83 bits per heavy atom. The molecule has 0 amide bonds. The van der Waals surface area contributed by atoms with Crippen molar-refractivity contribution in [3.63, 3.8) is 0 Å². The summed E-state index contributed by atoms with van der Waals surface area (Å²) < 4.78 is 6.25. The van der Waals surface area contributed by atoms with Gasteiger partial charge in [-0.3, -0.25) is 0 Å². The Labute approximate surface area is 109 Å². The van der Waals surface area contributed by atoms with E-state index in [-0.39, 0.29) is 0 Å². The van der Waals surface area contributed by atoms with Gasteiger partial charge in [0.25, 0.3) is 0 Å². The van der Waals surface area contributed by atoms with E-state index >= 15 is 0 Å². The lowest BCUT2D eigenvalue weighted by Gasteiger charge is -2.03. The first kappa shape index (κ1) is 11.1. The second kappa shape index (κ2) is 4.35. The number of aromatic hydroxyl groups is 1. The summed E-state index contributed by atoms with van der Waals surface area (Å²) in [7, 11) is 1.65. The maximum absolute atomic E-state index is 9.98. The number of phenolic OH excluding ortho intramolecular Hbond substituents is 1. The van der Waals surface area contributed by atoms with Crippen LogP contribution in [0.1, 0.15) is 0 Å². The van der Waals surface area contributed by atoms with Crippen molar-refractivity contribution in [1.82, 2.24) is 0 Å². The third-order valence-corrected chi connectivity index (χ3v) is 3.93. The minimum atomic E-state index is 0.333. The summed E-state index contributed by atoms with van der Waals surface area (Å²) in [5.41, 5.74) is 2.15. The van der Waals surface area contributed by atoms with Crippen molar-refractivity contribution in [3.05, 3.63) is 47.8 Å². The first-order chi connectivity index (χ1) is 8.79. The molecule has 0 aliphatic rings. The van der Waals surface area contributed by atoms with Gasteiger partial charge in [0.15, 0.2) is 0 Å². The number of fused-ring (bicyclic) bond motifs is 1. The number of hydrogen-bond acceptors (Lipinski definition) is 3. The van der Waals surface area contributed by atoms with Gasteiger partial charge in [-0.25, -0.2) is 0 Å². The fraction of sp³-hybridized carbons (Fsp3) is 0.0667. The van der Waals surface area contributed by atoms with Crippen LogP contribution < -0.4 is 4.74 Å². The molecule has 0 bridgehead atoms. The summed E-state index contributed by atoms with van der Waals surface area (Å²) in [6.45, 7) is 0. The van der Waals surface area contributed by atoms with Gasteiger partial charge in [-0.1, -0.05) is 18.2 Å². The molecule has 3 rings (SSSR count). The molecule has 2 nitrogen and oxygen atoms in total. The van der Waals surface area contributed by atoms with E-state index in [9.17, 15) is 5.11 Å². The van der Waals surface area contributed by atoms with Crippen LogP contribution in [0.5, 0.6) is 11.5 Å². The highest BCUT2D eigenvalue weighted by atomic mass is 32.1. The van der Waals surface area contributed by atoms with Crippen LogP contribution in [0, 0.1) is 0 Å². The largest absolute Gasteiger partial charge is 0.507 e. The molecule has 0 aliphatic carbocycles. The molecule has 0 saturated carbocycles. The van der Waals surface area contributed by atoms with Crippen molar-refractivity contribution in [2.24, 2.45) is 0 Å². The third-order valence-electron chi connectivity index (χ3n) is 2.98. The van der Waals surface area contributed by atoms with Gasteiger partial charge in [-0.15, -0.1) is 11.3 Å². The zero-order valence-corrected chi connectivity index (χ0v) is 10.7. The molecule has 18 heavy (non-hydrogen) atoms. The third kappa shape index (κ3) is 1.73. The molecule has 0 radical (unpaired) electrons. The minimum Gasteiger partial charge on any atom is -0.507 e. The monoisotopic (exact) mass is 256 g/mol. The van der Waals surface area contributed by atoms with Crippen LogP contribution in [0.4, 0.5) is 0 Å². The van der Waals surface area contributed by atoms with E-state index in [1.54, 1.807) is 24.5 Å². The quantitative estimate of drug-likeness (QED) is 0.741. The molecule has 0 aliphatic heterocycles. The fourth-order valence-electron chi connectivity index (χ4n) is 2.05. The highest BCUT2D eigenvalue weighted by molar-refractivity contribution is 7.17. The second-order valence-electron chi connectivity index (χ2n) is 4.03. The molecule has 0 unspecified atom stereocenters. The number of thiophene rings is 1. The van der Waals surface area contributed by atoms with Gasteiger partial charge >= 0.3 is 0 Å². The van der Waals surface area contributed by atoms with Crippen molar-refractivity contribution in [2.75, 3.05) is 7.11 Å². The van der Waals surface area contributed by atoms with E-state index < -0.39 is 0 Å². The summed E-state index contributed by atoms with van der Waals surface area (Å²) in [4.78, 5) is 0. The van der Waals surface area contributed by atoms with E-state index in [0.29, 0.717) is 5.75 Å². The lowest BCUT2D eigenvalue weighted by atomic mass is 10.0. The summed E-state index contributed by atoms with van der Waals surface area (Å²) in [6, 6.07) is 13.5. The van der Waals surface area contributed by atoms with Crippen LogP contribution in [0.15, 0.2) is 47.8 Å². The number of phenols is 1. The summed E-state index contributed by atoms with van der Waals surface area (Å²) in [6.07, 6.45) is 0. The van der Waals surface area contributed by atoms with Crippen LogP contribution in [0.3, 0.4) is 0 Å². The van der Waals surface area contributed by atoms with E-state index in [4.69, 9.17) is 4.74 Å². The van der Waals surface area contributed by atoms with Gasteiger partial charge in [0, 0.05) is 15.6 Å². The average molecular weight is 256 g/mol. The van der Waals surface area contributed by atoms with Gasteiger partial charge in [-0.05, 0) is 35.2 Å². The molecular formula is C15H12O2S. The number of methoxy groups -OCH3 is 1. The number of benzene rings is 2. The molecule has 0 spiro atoms. The summed E-state index contributed by atoms with van der Waals surface area (Å²) in [5, 5.41) is 13.0. The molecule has 0 saturated heterocycles. The first-order valence-corrected chi connectivity index (χ1v) is 6.51. The molecule has 2 aromatic carbocycles. The highest BCUT2D eigenvalue weighted by Crippen LogP contribution is 2.39. The standard InChI is InChI=1S/C15H12O2S/c1-17-11-7-5-10(6-8-11)12-9-18-14-4-2-3-13(16)15(12)14/h2-9,16H,1H3. The van der Waals surface area contributed by atoms with Crippen molar-refractivity contribution in [1.29, 1.82) is 0 Å². The Balaban J connectivity index is 2.18. The predicted octanol–water partition coefficient (Wildman–Crippen LogP) is 4.28.